The van der Waals surface area contributed by atoms with E-state index in [-0.39, 0.29) is 5.91 Å². The van der Waals surface area contributed by atoms with Crippen molar-refractivity contribution in [2.24, 2.45) is 5.41 Å². The summed E-state index contributed by atoms with van der Waals surface area (Å²) in [6, 6.07) is 3.38. The molecule has 1 aromatic rings. The third kappa shape index (κ3) is 4.65. The van der Waals surface area contributed by atoms with Crippen molar-refractivity contribution in [1.82, 2.24) is 15.2 Å². The number of rotatable bonds is 8. The molecule has 0 spiro atoms. The Labute approximate surface area is 149 Å². The summed E-state index contributed by atoms with van der Waals surface area (Å²) < 4.78 is 0. The number of hydrogen-bond acceptors (Lipinski definition) is 4. The lowest BCUT2D eigenvalue weighted by atomic mass is 9.83. The number of nitrogens with one attached hydrogen (secondary N) is 1. The van der Waals surface area contributed by atoms with Gasteiger partial charge in [-0.25, -0.2) is 0 Å². The van der Waals surface area contributed by atoms with Gasteiger partial charge in [0.25, 0.3) is 5.91 Å². The first-order valence-electron chi connectivity index (χ1n) is 8.89. The third-order valence-corrected chi connectivity index (χ3v) is 4.94. The summed E-state index contributed by atoms with van der Waals surface area (Å²) in [4.78, 5) is 42.4. The molecule has 1 aliphatic rings. The highest BCUT2D eigenvalue weighted by atomic mass is 16.2. The molecule has 1 atom stereocenters. The van der Waals surface area contributed by atoms with Crippen molar-refractivity contribution in [2.75, 3.05) is 13.1 Å². The molecule has 0 aromatic carbocycles. The lowest BCUT2D eigenvalue weighted by Crippen LogP contribution is -2.61. The van der Waals surface area contributed by atoms with E-state index in [1.54, 1.807) is 20.0 Å². The number of Topliss-reactive ketones (excluding diaryl/α,β-unsaturated/α-hetero) is 1. The van der Waals surface area contributed by atoms with Crippen LogP contribution in [0, 0.1) is 5.41 Å². The van der Waals surface area contributed by atoms with E-state index in [1.807, 2.05) is 25.3 Å². The van der Waals surface area contributed by atoms with Crippen LogP contribution in [0.2, 0.25) is 0 Å². The Morgan fingerprint density at radius 3 is 2.68 bits per heavy atom. The van der Waals surface area contributed by atoms with Gasteiger partial charge in [-0.3, -0.25) is 19.4 Å². The first kappa shape index (κ1) is 19.1. The topological polar surface area (TPSA) is 79.4 Å². The second-order valence-electron chi connectivity index (χ2n) is 7.13. The zero-order valence-electron chi connectivity index (χ0n) is 15.2. The third-order valence-electron chi connectivity index (χ3n) is 4.94. The number of aryl methyl sites for hydroxylation is 1. The molecule has 6 nitrogen and oxygen atoms in total. The number of nitrogens with zero attached hydrogens (tertiary/aromatic N) is 2. The lowest BCUT2D eigenvalue weighted by Gasteiger charge is -2.40. The number of hydrogen-bond donors (Lipinski definition) is 1. The summed E-state index contributed by atoms with van der Waals surface area (Å²) in [5.74, 6) is -1.12. The molecule has 136 valence electrons. The second-order valence-corrected chi connectivity index (χ2v) is 7.13. The van der Waals surface area contributed by atoms with Crippen LogP contribution >= 0.6 is 0 Å². The Morgan fingerprint density at radius 2 is 2.12 bits per heavy atom. The van der Waals surface area contributed by atoms with Gasteiger partial charge in [0.1, 0.15) is 6.04 Å². The summed E-state index contributed by atoms with van der Waals surface area (Å²) in [6.45, 7) is 6.42. The van der Waals surface area contributed by atoms with Gasteiger partial charge in [-0.15, -0.1) is 0 Å². The fourth-order valence-electron chi connectivity index (χ4n) is 2.65. The van der Waals surface area contributed by atoms with Crippen molar-refractivity contribution in [3.05, 3.63) is 30.1 Å². The van der Waals surface area contributed by atoms with Crippen molar-refractivity contribution in [3.8, 4) is 0 Å². The lowest BCUT2D eigenvalue weighted by molar-refractivity contribution is -0.157. The fourth-order valence-corrected chi connectivity index (χ4v) is 2.65. The van der Waals surface area contributed by atoms with Gasteiger partial charge >= 0.3 is 0 Å². The van der Waals surface area contributed by atoms with Crippen LogP contribution in [0.3, 0.4) is 0 Å². The Bertz CT molecular complexity index is 628. The number of amides is 2. The van der Waals surface area contributed by atoms with Crippen molar-refractivity contribution in [1.29, 1.82) is 0 Å². The predicted molar refractivity (Wildman–Crippen MR) is 94.8 cm³/mol. The molecule has 2 rings (SSSR count). The molecule has 1 aliphatic heterocycles. The number of carbonyl (C=O) groups excluding carboxylic acids is 3. The van der Waals surface area contributed by atoms with Crippen LogP contribution in [0.25, 0.3) is 0 Å². The molecule has 0 aliphatic carbocycles. The number of ketones is 1. The van der Waals surface area contributed by atoms with Gasteiger partial charge in [0, 0.05) is 30.9 Å². The van der Waals surface area contributed by atoms with Gasteiger partial charge in [0.2, 0.25) is 11.7 Å². The SMILES string of the molecule is CCC(C)(C)C(=O)C(=O)N1CCC1C(=O)NCCCc1cccnc1. The Hall–Kier alpha value is -2.24. The minimum Gasteiger partial charge on any atom is -0.354 e. The molecule has 0 saturated carbocycles. The molecule has 25 heavy (non-hydrogen) atoms. The van der Waals surface area contributed by atoms with E-state index in [2.05, 4.69) is 10.3 Å². The highest BCUT2D eigenvalue weighted by Crippen LogP contribution is 2.25. The molecule has 1 fully saturated rings. The summed E-state index contributed by atoms with van der Waals surface area (Å²) in [7, 11) is 0. The maximum Gasteiger partial charge on any atom is 0.291 e. The van der Waals surface area contributed by atoms with Crippen LogP contribution in [0.15, 0.2) is 24.5 Å². The van der Waals surface area contributed by atoms with E-state index < -0.39 is 23.1 Å². The van der Waals surface area contributed by atoms with Gasteiger partial charge in [-0.2, -0.15) is 0 Å². The quantitative estimate of drug-likeness (QED) is 0.575. The van der Waals surface area contributed by atoms with Crippen LogP contribution in [0.4, 0.5) is 0 Å². The van der Waals surface area contributed by atoms with Crippen LogP contribution in [-0.2, 0) is 20.8 Å². The summed E-state index contributed by atoms with van der Waals surface area (Å²) in [5, 5.41) is 2.87. The number of carbonyl (C=O) groups is 3. The minimum absolute atomic E-state index is 0.173. The van der Waals surface area contributed by atoms with Crippen molar-refractivity contribution >= 4 is 17.6 Å². The van der Waals surface area contributed by atoms with Crippen LogP contribution in [0.1, 0.15) is 45.6 Å². The molecule has 1 aromatic heterocycles. The Morgan fingerprint density at radius 1 is 1.36 bits per heavy atom. The zero-order chi connectivity index (χ0) is 18.4. The van der Waals surface area contributed by atoms with Crippen molar-refractivity contribution in [3.63, 3.8) is 0 Å². The van der Waals surface area contributed by atoms with Gasteiger partial charge < -0.3 is 10.2 Å². The maximum absolute atomic E-state index is 12.4. The van der Waals surface area contributed by atoms with E-state index in [0.717, 1.165) is 18.4 Å². The van der Waals surface area contributed by atoms with E-state index in [1.165, 1.54) is 4.90 Å². The predicted octanol–water partition coefficient (Wildman–Crippen LogP) is 1.74. The molecule has 0 radical (unpaired) electrons. The first-order valence-corrected chi connectivity index (χ1v) is 8.89. The number of likely N-dealkylation sites (tertiary alicyclic amines) is 1. The average molecular weight is 345 g/mol. The normalized spacial score (nSPS) is 16.9. The fraction of sp³-hybridized carbons (Fsp3) is 0.579. The average Bonchev–Trinajstić information content (AvgIpc) is 2.58. The smallest absolute Gasteiger partial charge is 0.291 e. The van der Waals surface area contributed by atoms with Crippen molar-refractivity contribution < 1.29 is 14.4 Å². The second kappa shape index (κ2) is 8.23. The van der Waals surface area contributed by atoms with Crippen LogP contribution in [0.5, 0.6) is 0 Å². The molecule has 6 heteroatoms. The van der Waals surface area contributed by atoms with E-state index >= 15 is 0 Å². The Kier molecular flexibility index (Phi) is 6.28. The molecule has 2 amide bonds. The van der Waals surface area contributed by atoms with E-state index in [9.17, 15) is 14.4 Å². The van der Waals surface area contributed by atoms with Crippen molar-refractivity contribution in [2.45, 2.75) is 52.5 Å². The summed E-state index contributed by atoms with van der Waals surface area (Å²) in [6.07, 6.45) is 6.39. The van der Waals surface area contributed by atoms with E-state index in [0.29, 0.717) is 25.9 Å². The van der Waals surface area contributed by atoms with Gasteiger partial charge in [0.05, 0.1) is 0 Å². The van der Waals surface area contributed by atoms with Gasteiger partial charge in [0.15, 0.2) is 0 Å². The highest BCUT2D eigenvalue weighted by molar-refractivity contribution is 6.38. The van der Waals surface area contributed by atoms with Crippen LogP contribution < -0.4 is 5.32 Å². The minimum atomic E-state index is -0.683. The molecule has 1 saturated heterocycles. The maximum atomic E-state index is 12.4. The largest absolute Gasteiger partial charge is 0.354 e. The zero-order valence-corrected chi connectivity index (χ0v) is 15.2. The molecule has 2 heterocycles. The molecule has 0 bridgehead atoms. The monoisotopic (exact) mass is 345 g/mol. The Balaban J connectivity index is 1.78. The van der Waals surface area contributed by atoms with E-state index in [4.69, 9.17) is 0 Å². The van der Waals surface area contributed by atoms with Gasteiger partial charge in [-0.05, 0) is 37.3 Å². The highest BCUT2D eigenvalue weighted by Gasteiger charge is 2.43. The summed E-state index contributed by atoms with van der Waals surface area (Å²) in [5.41, 5.74) is 0.446. The van der Waals surface area contributed by atoms with Crippen LogP contribution in [-0.4, -0.2) is 46.6 Å². The molecular formula is C19H27N3O3. The molecular weight excluding hydrogens is 318 g/mol. The number of aromatic nitrogens is 1. The van der Waals surface area contributed by atoms with Gasteiger partial charge in [-0.1, -0.05) is 26.8 Å². The summed E-state index contributed by atoms with van der Waals surface area (Å²) >= 11 is 0. The number of pyridine rings is 1. The molecule has 1 unspecified atom stereocenters. The standard InChI is InChI=1S/C19H27N3O3/c1-4-19(2,3)16(23)18(25)22-12-9-15(22)17(24)21-11-6-8-14-7-5-10-20-13-14/h5,7,10,13,15H,4,6,8-9,11-12H2,1-3H3,(H,21,24). The molecule has 1 N–H and O–H groups in total. The first-order chi connectivity index (χ1) is 11.9.